The Hall–Kier alpha value is -1.40. The van der Waals surface area contributed by atoms with Gasteiger partial charge in [-0.05, 0) is 24.5 Å². The Labute approximate surface area is 120 Å². The summed E-state index contributed by atoms with van der Waals surface area (Å²) in [5, 5.41) is 10.6. The molecule has 19 heavy (non-hydrogen) atoms. The maximum atomic E-state index is 12.0. The molecule has 1 aromatic carbocycles. The molecule has 0 atom stereocenters. The third-order valence-electron chi connectivity index (χ3n) is 2.67. The van der Waals surface area contributed by atoms with Crippen molar-refractivity contribution in [2.45, 2.75) is 24.6 Å². The van der Waals surface area contributed by atoms with Crippen molar-refractivity contribution < 1.29 is 4.79 Å². The lowest BCUT2D eigenvalue weighted by atomic mass is 10.1. The van der Waals surface area contributed by atoms with Crippen molar-refractivity contribution in [2.24, 2.45) is 0 Å². The highest BCUT2D eigenvalue weighted by molar-refractivity contribution is 8.01. The van der Waals surface area contributed by atoms with Crippen molar-refractivity contribution in [3.05, 3.63) is 34.8 Å². The molecular formula is C13H15N3OS2. The number of amides is 1. The minimum Gasteiger partial charge on any atom is -0.325 e. The molecule has 1 amide bonds. The number of benzene rings is 1. The lowest BCUT2D eigenvalue weighted by molar-refractivity contribution is -0.113. The van der Waals surface area contributed by atoms with Gasteiger partial charge in [0.2, 0.25) is 5.91 Å². The predicted molar refractivity (Wildman–Crippen MR) is 79.8 cm³/mol. The van der Waals surface area contributed by atoms with E-state index >= 15 is 0 Å². The maximum absolute atomic E-state index is 12.0. The number of aryl methyl sites for hydroxylation is 2. The van der Waals surface area contributed by atoms with Crippen molar-refractivity contribution in [3.8, 4) is 0 Å². The molecule has 0 aliphatic heterocycles. The summed E-state index contributed by atoms with van der Waals surface area (Å²) < 4.78 is 0.815. The van der Waals surface area contributed by atoms with Gasteiger partial charge in [0.1, 0.15) is 5.51 Å². The fourth-order valence-corrected chi connectivity index (χ4v) is 3.02. The van der Waals surface area contributed by atoms with E-state index in [-0.39, 0.29) is 5.91 Å². The molecule has 1 heterocycles. The van der Waals surface area contributed by atoms with E-state index in [2.05, 4.69) is 22.4 Å². The second-order valence-electron chi connectivity index (χ2n) is 4.00. The van der Waals surface area contributed by atoms with Crippen molar-refractivity contribution >= 4 is 34.7 Å². The number of aromatic nitrogens is 2. The maximum Gasteiger partial charge on any atom is 0.234 e. The van der Waals surface area contributed by atoms with Gasteiger partial charge in [0.25, 0.3) is 0 Å². The number of rotatable bonds is 5. The minimum atomic E-state index is -0.01000. The third-order valence-corrected chi connectivity index (χ3v) is 4.53. The molecule has 4 nitrogen and oxygen atoms in total. The molecule has 0 saturated heterocycles. The van der Waals surface area contributed by atoms with Gasteiger partial charge in [0.05, 0.1) is 5.75 Å². The number of para-hydroxylation sites is 1. The first kappa shape index (κ1) is 14.0. The molecule has 1 aromatic heterocycles. The van der Waals surface area contributed by atoms with Gasteiger partial charge in [0.15, 0.2) is 4.34 Å². The summed E-state index contributed by atoms with van der Waals surface area (Å²) in [4.78, 5) is 12.0. The third kappa shape index (κ3) is 3.78. The first-order chi connectivity index (χ1) is 9.20. The summed E-state index contributed by atoms with van der Waals surface area (Å²) in [7, 11) is 0. The minimum absolute atomic E-state index is 0.01000. The SMILES string of the molecule is CCc1cccc(C)c1NC(=O)CSc1nncs1. The molecule has 0 unspecified atom stereocenters. The molecule has 6 heteroatoms. The first-order valence-electron chi connectivity index (χ1n) is 5.98. The molecule has 2 rings (SSSR count). The van der Waals surface area contributed by atoms with Crippen LogP contribution < -0.4 is 5.32 Å². The lowest BCUT2D eigenvalue weighted by Gasteiger charge is -2.12. The highest BCUT2D eigenvalue weighted by atomic mass is 32.2. The smallest absolute Gasteiger partial charge is 0.234 e. The summed E-state index contributed by atoms with van der Waals surface area (Å²) in [5.41, 5.74) is 4.85. The average molecular weight is 293 g/mol. The molecule has 0 spiro atoms. The van der Waals surface area contributed by atoms with Crippen LogP contribution in [0.2, 0.25) is 0 Å². The van der Waals surface area contributed by atoms with E-state index in [9.17, 15) is 4.79 Å². The Bertz CT molecular complexity index is 555. The summed E-state index contributed by atoms with van der Waals surface area (Å²) >= 11 is 2.85. The van der Waals surface area contributed by atoms with Crippen molar-refractivity contribution in [2.75, 3.05) is 11.1 Å². The largest absolute Gasteiger partial charge is 0.325 e. The molecule has 1 N–H and O–H groups in total. The normalized spacial score (nSPS) is 10.4. The highest BCUT2D eigenvalue weighted by Gasteiger charge is 2.09. The Morgan fingerprint density at radius 3 is 3.00 bits per heavy atom. The summed E-state index contributed by atoms with van der Waals surface area (Å²) in [6, 6.07) is 6.06. The van der Waals surface area contributed by atoms with Crippen LogP contribution in [-0.4, -0.2) is 21.9 Å². The Morgan fingerprint density at radius 1 is 1.47 bits per heavy atom. The molecule has 0 fully saturated rings. The Balaban J connectivity index is 1.99. The number of hydrogen-bond acceptors (Lipinski definition) is 5. The van der Waals surface area contributed by atoms with Gasteiger partial charge in [-0.1, -0.05) is 48.2 Å². The standard InChI is InChI=1S/C13H15N3OS2/c1-3-10-6-4-5-9(2)12(10)15-11(17)7-18-13-16-14-8-19-13/h4-6,8H,3,7H2,1-2H3,(H,15,17). The summed E-state index contributed by atoms with van der Waals surface area (Å²) in [5.74, 6) is 0.344. The zero-order valence-electron chi connectivity index (χ0n) is 10.8. The van der Waals surface area contributed by atoms with E-state index in [1.165, 1.54) is 23.1 Å². The van der Waals surface area contributed by atoms with Crippen LogP contribution in [-0.2, 0) is 11.2 Å². The Morgan fingerprint density at radius 2 is 2.32 bits per heavy atom. The van der Waals surface area contributed by atoms with Crippen LogP contribution in [0.15, 0.2) is 28.0 Å². The number of nitrogens with zero attached hydrogens (tertiary/aromatic N) is 2. The van der Waals surface area contributed by atoms with E-state index < -0.39 is 0 Å². The van der Waals surface area contributed by atoms with Gasteiger partial charge in [-0.2, -0.15) is 0 Å². The fourth-order valence-electron chi connectivity index (χ4n) is 1.73. The topological polar surface area (TPSA) is 54.9 Å². The highest BCUT2D eigenvalue weighted by Crippen LogP contribution is 2.23. The number of anilines is 1. The van der Waals surface area contributed by atoms with Gasteiger partial charge >= 0.3 is 0 Å². The molecule has 2 aromatic rings. The van der Waals surface area contributed by atoms with E-state index in [1.54, 1.807) is 5.51 Å². The van der Waals surface area contributed by atoms with Crippen molar-refractivity contribution in [3.63, 3.8) is 0 Å². The van der Waals surface area contributed by atoms with Crippen LogP contribution >= 0.6 is 23.1 Å². The second-order valence-corrected chi connectivity index (χ2v) is 6.06. The van der Waals surface area contributed by atoms with Crippen LogP contribution in [0.3, 0.4) is 0 Å². The van der Waals surface area contributed by atoms with Crippen LogP contribution in [0, 0.1) is 6.92 Å². The van der Waals surface area contributed by atoms with Gasteiger partial charge in [-0.25, -0.2) is 0 Å². The van der Waals surface area contributed by atoms with Gasteiger partial charge < -0.3 is 5.32 Å². The summed E-state index contributed by atoms with van der Waals surface area (Å²) in [6.07, 6.45) is 0.904. The fraction of sp³-hybridized carbons (Fsp3) is 0.308. The lowest BCUT2D eigenvalue weighted by Crippen LogP contribution is -2.16. The molecule has 0 aliphatic carbocycles. The van der Waals surface area contributed by atoms with E-state index in [4.69, 9.17) is 0 Å². The van der Waals surface area contributed by atoms with Crippen molar-refractivity contribution in [1.82, 2.24) is 10.2 Å². The van der Waals surface area contributed by atoms with Crippen LogP contribution in [0.25, 0.3) is 0 Å². The molecule has 0 radical (unpaired) electrons. The zero-order valence-corrected chi connectivity index (χ0v) is 12.5. The van der Waals surface area contributed by atoms with E-state index in [0.29, 0.717) is 5.75 Å². The first-order valence-corrected chi connectivity index (χ1v) is 7.84. The summed E-state index contributed by atoms with van der Waals surface area (Å²) in [6.45, 7) is 4.09. The molecule has 0 saturated carbocycles. The quantitative estimate of drug-likeness (QED) is 0.860. The monoisotopic (exact) mass is 293 g/mol. The van der Waals surface area contributed by atoms with Crippen LogP contribution in [0.4, 0.5) is 5.69 Å². The second kappa shape index (κ2) is 6.68. The van der Waals surface area contributed by atoms with E-state index in [1.807, 2.05) is 25.1 Å². The number of nitrogens with one attached hydrogen (secondary N) is 1. The predicted octanol–water partition coefficient (Wildman–Crippen LogP) is 3.14. The van der Waals surface area contributed by atoms with Crippen LogP contribution in [0.5, 0.6) is 0 Å². The zero-order chi connectivity index (χ0) is 13.7. The number of thioether (sulfide) groups is 1. The number of carbonyl (C=O) groups is 1. The molecule has 100 valence electrons. The van der Waals surface area contributed by atoms with Crippen LogP contribution in [0.1, 0.15) is 18.1 Å². The van der Waals surface area contributed by atoms with E-state index in [0.717, 1.165) is 27.6 Å². The van der Waals surface area contributed by atoms with Crippen molar-refractivity contribution in [1.29, 1.82) is 0 Å². The van der Waals surface area contributed by atoms with Gasteiger partial charge in [-0.3, -0.25) is 4.79 Å². The number of carbonyl (C=O) groups excluding carboxylic acids is 1. The van der Waals surface area contributed by atoms with Gasteiger partial charge in [-0.15, -0.1) is 10.2 Å². The van der Waals surface area contributed by atoms with Gasteiger partial charge in [0, 0.05) is 5.69 Å². The number of hydrogen-bond donors (Lipinski definition) is 1. The molecule has 0 aliphatic rings. The molecule has 0 bridgehead atoms. The average Bonchev–Trinajstić information content (AvgIpc) is 2.92. The molecular weight excluding hydrogens is 278 g/mol. The Kier molecular flexibility index (Phi) is 4.93.